The monoisotopic (exact) mass is 402 g/mol. The number of unbranched alkanes of at least 4 members (excludes halogenated alkanes) is 6. The Morgan fingerprint density at radius 2 is 1.43 bits per heavy atom. The van der Waals surface area contributed by atoms with Crippen LogP contribution in [0.5, 0.6) is 0 Å². The average Bonchev–Trinajstić information content (AvgIpc) is 2.78. The minimum absolute atomic E-state index is 0.597. The van der Waals surface area contributed by atoms with Crippen LogP contribution in [0.3, 0.4) is 0 Å². The van der Waals surface area contributed by atoms with Crippen molar-refractivity contribution >= 4 is 0 Å². The van der Waals surface area contributed by atoms with Crippen molar-refractivity contribution in [1.29, 1.82) is 0 Å². The molecule has 0 radical (unpaired) electrons. The van der Waals surface area contributed by atoms with Crippen molar-refractivity contribution < 1.29 is 0 Å². The normalized spacial score (nSPS) is 18.5. The Balaban J connectivity index is 1.65. The van der Waals surface area contributed by atoms with E-state index in [1.54, 1.807) is 0 Å². The summed E-state index contributed by atoms with van der Waals surface area (Å²) in [6, 6.07) is 8.75. The van der Waals surface area contributed by atoms with E-state index in [0.717, 1.165) is 11.5 Å². The Labute approximate surface area is 186 Å². The van der Waals surface area contributed by atoms with Gasteiger partial charge in [-0.05, 0) is 74.3 Å². The highest BCUT2D eigenvalue weighted by molar-refractivity contribution is 5.39. The topological polar surface area (TPSA) is 0 Å². The van der Waals surface area contributed by atoms with E-state index in [4.69, 9.17) is 0 Å². The lowest BCUT2D eigenvalue weighted by Gasteiger charge is -2.25. The first kappa shape index (κ1) is 24.4. The van der Waals surface area contributed by atoms with Crippen LogP contribution in [0.4, 0.5) is 0 Å². The lowest BCUT2D eigenvalue weighted by molar-refractivity contribution is 0.294. The van der Waals surface area contributed by atoms with Gasteiger partial charge in [0.15, 0.2) is 0 Å². The van der Waals surface area contributed by atoms with E-state index < -0.39 is 0 Å². The van der Waals surface area contributed by atoms with Gasteiger partial charge in [0.25, 0.3) is 0 Å². The van der Waals surface area contributed by atoms with Crippen LogP contribution in [0.1, 0.15) is 108 Å². The van der Waals surface area contributed by atoms with Gasteiger partial charge in [-0.15, -0.1) is 0 Å². The van der Waals surface area contributed by atoms with Crippen molar-refractivity contribution in [3.05, 3.63) is 47.5 Å². The fourth-order valence-electron chi connectivity index (χ4n) is 4.34. The number of aryl methyl sites for hydroxylation is 1. The molecule has 0 amide bonds. The Bertz CT molecular complexity index is 705. The van der Waals surface area contributed by atoms with E-state index in [-0.39, 0.29) is 0 Å². The Morgan fingerprint density at radius 1 is 0.767 bits per heavy atom. The van der Waals surface area contributed by atoms with Crippen molar-refractivity contribution in [3.63, 3.8) is 0 Å². The molecule has 2 rings (SSSR count). The van der Waals surface area contributed by atoms with E-state index in [2.05, 4.69) is 61.8 Å². The van der Waals surface area contributed by atoms with Crippen LogP contribution in [-0.2, 0) is 6.42 Å². The van der Waals surface area contributed by atoms with Gasteiger partial charge in [0.1, 0.15) is 0 Å². The highest BCUT2D eigenvalue weighted by Crippen LogP contribution is 2.31. The molecule has 0 heterocycles. The molecule has 1 aliphatic carbocycles. The molecule has 0 aromatic heterocycles. The van der Waals surface area contributed by atoms with E-state index >= 15 is 0 Å². The summed E-state index contributed by atoms with van der Waals surface area (Å²) in [4.78, 5) is 0. The molecule has 0 saturated heterocycles. The molecule has 0 nitrogen and oxygen atoms in total. The van der Waals surface area contributed by atoms with Gasteiger partial charge in [-0.25, -0.2) is 0 Å². The summed E-state index contributed by atoms with van der Waals surface area (Å²) in [6.07, 6.45) is 22.6. The van der Waals surface area contributed by atoms with Crippen molar-refractivity contribution in [3.8, 4) is 23.7 Å². The number of hydrogen-bond acceptors (Lipinski definition) is 0. The first-order chi connectivity index (χ1) is 14.8. The van der Waals surface area contributed by atoms with E-state index in [0.29, 0.717) is 5.92 Å². The second-order valence-electron chi connectivity index (χ2n) is 8.97. The minimum atomic E-state index is 0.597. The fraction of sp³-hybridized carbons (Fsp3) is 0.600. The molecule has 0 unspecified atom stereocenters. The van der Waals surface area contributed by atoms with Gasteiger partial charge in [0.05, 0.1) is 0 Å². The standard InChI is InChI=1S/C30H42/c1-3-5-7-8-12-16-28-23-25-30(26-24-28)18-14-10-9-13-17-29-21-19-27(20-22-29)15-11-6-4-2/h9-10,23-27,29H,3-8,11-12,15-16,19-22H2,1-2H3/b10-9+/t27-,29-. The highest BCUT2D eigenvalue weighted by atomic mass is 14.2. The number of allylic oxidation sites excluding steroid dienone is 2. The summed E-state index contributed by atoms with van der Waals surface area (Å²) < 4.78 is 0. The maximum Gasteiger partial charge on any atom is 0.0249 e. The Morgan fingerprint density at radius 3 is 2.17 bits per heavy atom. The summed E-state index contributed by atoms with van der Waals surface area (Å²) in [5.41, 5.74) is 2.52. The van der Waals surface area contributed by atoms with E-state index in [1.165, 1.54) is 95.5 Å². The molecule has 0 atom stereocenters. The molecule has 1 aromatic carbocycles. The lowest BCUT2D eigenvalue weighted by Crippen LogP contribution is -2.13. The maximum absolute atomic E-state index is 3.44. The Kier molecular flexibility index (Phi) is 12.9. The van der Waals surface area contributed by atoms with Crippen molar-refractivity contribution in [2.24, 2.45) is 11.8 Å². The third-order valence-corrected chi connectivity index (χ3v) is 6.34. The van der Waals surface area contributed by atoms with Crippen molar-refractivity contribution in [2.75, 3.05) is 0 Å². The van der Waals surface area contributed by atoms with E-state index in [1.807, 2.05) is 12.2 Å². The van der Waals surface area contributed by atoms with Crippen LogP contribution in [0.2, 0.25) is 0 Å². The average molecular weight is 403 g/mol. The minimum Gasteiger partial charge on any atom is -0.0951 e. The lowest BCUT2D eigenvalue weighted by atomic mass is 9.80. The summed E-state index contributed by atoms with van der Waals surface area (Å²) in [6.45, 7) is 4.56. The third-order valence-electron chi connectivity index (χ3n) is 6.34. The summed E-state index contributed by atoms with van der Waals surface area (Å²) in [5.74, 6) is 14.6. The van der Waals surface area contributed by atoms with Gasteiger partial charge >= 0.3 is 0 Å². The predicted molar refractivity (Wildman–Crippen MR) is 132 cm³/mol. The summed E-state index contributed by atoms with van der Waals surface area (Å²) in [5, 5.41) is 0. The second-order valence-corrected chi connectivity index (χ2v) is 8.97. The van der Waals surface area contributed by atoms with Crippen LogP contribution < -0.4 is 0 Å². The van der Waals surface area contributed by atoms with Crippen LogP contribution in [0, 0.1) is 35.5 Å². The van der Waals surface area contributed by atoms with Gasteiger partial charge in [0.2, 0.25) is 0 Å². The van der Waals surface area contributed by atoms with Crippen LogP contribution in [0.25, 0.3) is 0 Å². The van der Waals surface area contributed by atoms with Gasteiger partial charge < -0.3 is 0 Å². The van der Waals surface area contributed by atoms with Crippen molar-refractivity contribution in [2.45, 2.75) is 104 Å². The largest absolute Gasteiger partial charge is 0.0951 e. The van der Waals surface area contributed by atoms with Gasteiger partial charge in [-0.1, -0.05) is 101 Å². The van der Waals surface area contributed by atoms with Gasteiger partial charge in [0, 0.05) is 11.5 Å². The second kappa shape index (κ2) is 15.9. The van der Waals surface area contributed by atoms with Crippen molar-refractivity contribution in [1.82, 2.24) is 0 Å². The van der Waals surface area contributed by atoms with E-state index in [9.17, 15) is 0 Å². The molecule has 30 heavy (non-hydrogen) atoms. The zero-order valence-electron chi connectivity index (χ0n) is 19.5. The predicted octanol–water partition coefficient (Wildman–Crippen LogP) is 8.50. The first-order valence-corrected chi connectivity index (χ1v) is 12.6. The highest BCUT2D eigenvalue weighted by Gasteiger charge is 2.19. The molecule has 0 bridgehead atoms. The number of rotatable bonds is 10. The first-order valence-electron chi connectivity index (χ1n) is 12.6. The molecule has 162 valence electrons. The molecule has 1 fully saturated rings. The smallest absolute Gasteiger partial charge is 0.0249 e. The van der Waals surface area contributed by atoms with Gasteiger partial charge in [-0.3, -0.25) is 0 Å². The molecule has 1 aromatic rings. The number of hydrogen-bond donors (Lipinski definition) is 0. The summed E-state index contributed by atoms with van der Waals surface area (Å²) >= 11 is 0. The quantitative estimate of drug-likeness (QED) is 0.272. The SMILES string of the molecule is CCCCCCCc1ccc(C#C/C=C/C#C[C@H]2CC[C@H](CCCCC)CC2)cc1. The van der Waals surface area contributed by atoms with Crippen LogP contribution in [0.15, 0.2) is 36.4 Å². The zero-order chi connectivity index (χ0) is 21.3. The number of benzene rings is 1. The molecule has 0 N–H and O–H groups in total. The van der Waals surface area contributed by atoms with Gasteiger partial charge in [-0.2, -0.15) is 0 Å². The molecule has 1 saturated carbocycles. The zero-order valence-corrected chi connectivity index (χ0v) is 19.5. The third kappa shape index (κ3) is 10.7. The molecule has 1 aliphatic rings. The molecule has 0 aliphatic heterocycles. The summed E-state index contributed by atoms with van der Waals surface area (Å²) in [7, 11) is 0. The van der Waals surface area contributed by atoms with Crippen LogP contribution in [-0.4, -0.2) is 0 Å². The maximum atomic E-state index is 3.44. The molecule has 0 spiro atoms. The molecule has 0 heteroatoms. The Hall–Kier alpha value is -1.92. The van der Waals surface area contributed by atoms with Crippen LogP contribution >= 0.6 is 0 Å². The molecular weight excluding hydrogens is 360 g/mol. The molecular formula is C30H42. The fourth-order valence-corrected chi connectivity index (χ4v) is 4.34.